The highest BCUT2D eigenvalue weighted by molar-refractivity contribution is 6.46. The number of ether oxygens (including phenoxy) is 2. The fourth-order valence-corrected chi connectivity index (χ4v) is 3.34. The molecule has 1 unspecified atom stereocenters. The molecule has 0 spiro atoms. The number of carbonyl (C=O) groups is 2. The number of hydrogen-bond donors (Lipinski definition) is 1. The maximum atomic E-state index is 14.1. The maximum Gasteiger partial charge on any atom is 0.295 e. The zero-order chi connectivity index (χ0) is 21.0. The quantitative estimate of drug-likeness (QED) is 0.333. The van der Waals surface area contributed by atoms with E-state index in [4.69, 9.17) is 9.47 Å². The summed E-state index contributed by atoms with van der Waals surface area (Å²) in [6, 6.07) is 6.40. The van der Waals surface area contributed by atoms with Crippen molar-refractivity contribution in [3.05, 3.63) is 65.2 Å². The van der Waals surface area contributed by atoms with Gasteiger partial charge in [-0.2, -0.15) is 0 Å². The molecule has 7 nitrogen and oxygen atoms in total. The van der Waals surface area contributed by atoms with Gasteiger partial charge in [-0.3, -0.25) is 14.6 Å². The fraction of sp³-hybridized carbons (Fsp3) is 0.286. The molecule has 1 amide bonds. The molecule has 3 rings (SSSR count). The van der Waals surface area contributed by atoms with Gasteiger partial charge in [0.1, 0.15) is 5.76 Å². The van der Waals surface area contributed by atoms with Crippen LogP contribution >= 0.6 is 0 Å². The Morgan fingerprint density at radius 3 is 2.69 bits per heavy atom. The molecule has 0 aliphatic carbocycles. The van der Waals surface area contributed by atoms with Crippen molar-refractivity contribution < 1.29 is 28.6 Å². The van der Waals surface area contributed by atoms with Gasteiger partial charge in [-0.05, 0) is 36.2 Å². The SMILES string of the molecule is COCCCN1C(=O)C(=O)C(=C(O)c2ccc(OC)c(F)c2)C1c1cccnc1. The van der Waals surface area contributed by atoms with Crippen LogP contribution in [0.4, 0.5) is 4.39 Å². The van der Waals surface area contributed by atoms with Crippen molar-refractivity contribution in [2.24, 2.45) is 0 Å². The third-order valence-corrected chi connectivity index (χ3v) is 4.71. The van der Waals surface area contributed by atoms with Crippen LogP contribution in [0.5, 0.6) is 5.75 Å². The van der Waals surface area contributed by atoms with Crippen molar-refractivity contribution in [1.82, 2.24) is 9.88 Å². The number of pyridine rings is 1. The van der Waals surface area contributed by atoms with Crippen LogP contribution in [0, 0.1) is 5.82 Å². The molecule has 1 aliphatic heterocycles. The predicted molar refractivity (Wildman–Crippen MR) is 103 cm³/mol. The summed E-state index contributed by atoms with van der Waals surface area (Å²) in [5, 5.41) is 10.8. The lowest BCUT2D eigenvalue weighted by Crippen LogP contribution is -2.31. The van der Waals surface area contributed by atoms with Crippen molar-refractivity contribution in [2.75, 3.05) is 27.4 Å². The molecule has 1 saturated heterocycles. The largest absolute Gasteiger partial charge is 0.507 e. The summed E-state index contributed by atoms with van der Waals surface area (Å²) in [4.78, 5) is 30.9. The van der Waals surface area contributed by atoms with Crippen LogP contribution in [0.3, 0.4) is 0 Å². The molecule has 1 fully saturated rings. The predicted octanol–water partition coefficient (Wildman–Crippen LogP) is 2.69. The molecule has 1 aliphatic rings. The zero-order valence-corrected chi connectivity index (χ0v) is 16.1. The summed E-state index contributed by atoms with van der Waals surface area (Å²) in [5.41, 5.74) is 0.539. The van der Waals surface area contributed by atoms with E-state index in [2.05, 4.69) is 4.98 Å². The van der Waals surface area contributed by atoms with Gasteiger partial charge in [-0.15, -0.1) is 0 Å². The minimum absolute atomic E-state index is 0.00498. The number of aromatic nitrogens is 1. The van der Waals surface area contributed by atoms with E-state index in [0.29, 0.717) is 18.6 Å². The van der Waals surface area contributed by atoms with Crippen LogP contribution in [-0.2, 0) is 14.3 Å². The van der Waals surface area contributed by atoms with Gasteiger partial charge in [0.05, 0.1) is 18.7 Å². The van der Waals surface area contributed by atoms with Crippen LogP contribution in [-0.4, -0.2) is 54.1 Å². The molecule has 29 heavy (non-hydrogen) atoms. The van der Waals surface area contributed by atoms with E-state index in [1.807, 2.05) is 0 Å². The van der Waals surface area contributed by atoms with Gasteiger partial charge < -0.3 is 19.5 Å². The summed E-state index contributed by atoms with van der Waals surface area (Å²) in [6.45, 7) is 0.665. The van der Waals surface area contributed by atoms with Crippen molar-refractivity contribution in [1.29, 1.82) is 0 Å². The standard InChI is InChI=1S/C21H21FN2O5/c1-28-10-4-9-24-18(14-5-3-8-23-12-14)17(20(26)21(24)27)19(25)13-6-7-16(29-2)15(22)11-13/h3,5-8,11-12,18,25H,4,9-10H2,1-2H3. The molecule has 1 atom stereocenters. The second-order valence-corrected chi connectivity index (χ2v) is 6.47. The molecule has 0 saturated carbocycles. The lowest BCUT2D eigenvalue weighted by molar-refractivity contribution is -0.140. The highest BCUT2D eigenvalue weighted by atomic mass is 19.1. The molecule has 8 heteroatoms. The van der Waals surface area contributed by atoms with Crippen LogP contribution in [0.25, 0.3) is 5.76 Å². The number of benzene rings is 1. The fourth-order valence-electron chi connectivity index (χ4n) is 3.34. The molecule has 1 aromatic heterocycles. The minimum atomic E-state index is -0.829. The highest BCUT2D eigenvalue weighted by Crippen LogP contribution is 2.39. The number of rotatable bonds is 7. The van der Waals surface area contributed by atoms with Gasteiger partial charge in [0.2, 0.25) is 0 Å². The summed E-state index contributed by atoms with van der Waals surface area (Å²) >= 11 is 0. The van der Waals surface area contributed by atoms with Crippen molar-refractivity contribution in [3.8, 4) is 5.75 Å². The Balaban J connectivity index is 2.11. The Hall–Kier alpha value is -3.26. The van der Waals surface area contributed by atoms with E-state index >= 15 is 0 Å². The summed E-state index contributed by atoms with van der Waals surface area (Å²) in [6.07, 6.45) is 3.61. The van der Waals surface area contributed by atoms with Gasteiger partial charge in [0.25, 0.3) is 11.7 Å². The first-order valence-electron chi connectivity index (χ1n) is 9.00. The van der Waals surface area contributed by atoms with Gasteiger partial charge in [0.15, 0.2) is 11.6 Å². The number of carbonyl (C=O) groups excluding carboxylic acids is 2. The molecule has 0 bridgehead atoms. The normalized spacial score (nSPS) is 18.3. The lowest BCUT2D eigenvalue weighted by Gasteiger charge is -2.25. The second kappa shape index (κ2) is 8.83. The monoisotopic (exact) mass is 400 g/mol. The van der Waals surface area contributed by atoms with E-state index in [0.717, 1.165) is 6.07 Å². The molecular weight excluding hydrogens is 379 g/mol. The van der Waals surface area contributed by atoms with Crippen LogP contribution in [0.1, 0.15) is 23.6 Å². The number of likely N-dealkylation sites (tertiary alicyclic amines) is 1. The Morgan fingerprint density at radius 2 is 2.07 bits per heavy atom. The van der Waals surface area contributed by atoms with Crippen molar-refractivity contribution >= 4 is 17.4 Å². The molecule has 2 heterocycles. The topological polar surface area (TPSA) is 89.0 Å². The molecule has 0 radical (unpaired) electrons. The second-order valence-electron chi connectivity index (χ2n) is 6.47. The van der Waals surface area contributed by atoms with Crippen LogP contribution < -0.4 is 4.74 Å². The van der Waals surface area contributed by atoms with Crippen LogP contribution in [0.2, 0.25) is 0 Å². The van der Waals surface area contributed by atoms with E-state index in [9.17, 15) is 19.1 Å². The van der Waals surface area contributed by atoms with Crippen LogP contribution in [0.15, 0.2) is 48.3 Å². The van der Waals surface area contributed by atoms with Crippen molar-refractivity contribution in [3.63, 3.8) is 0 Å². The third-order valence-electron chi connectivity index (χ3n) is 4.71. The first-order valence-corrected chi connectivity index (χ1v) is 9.00. The van der Waals surface area contributed by atoms with Gasteiger partial charge in [-0.25, -0.2) is 4.39 Å². The maximum absolute atomic E-state index is 14.1. The first-order chi connectivity index (χ1) is 14.0. The summed E-state index contributed by atoms with van der Waals surface area (Å²) < 4.78 is 24.0. The van der Waals surface area contributed by atoms with Crippen molar-refractivity contribution in [2.45, 2.75) is 12.5 Å². The van der Waals surface area contributed by atoms with E-state index in [1.165, 1.54) is 30.3 Å². The number of hydrogen-bond acceptors (Lipinski definition) is 6. The van der Waals surface area contributed by atoms with Gasteiger partial charge >= 0.3 is 0 Å². The summed E-state index contributed by atoms with van der Waals surface area (Å²) in [5.74, 6) is -2.70. The minimum Gasteiger partial charge on any atom is -0.507 e. The Labute approximate surface area is 167 Å². The molecule has 152 valence electrons. The number of amides is 1. The number of Topliss-reactive ketones (excluding diaryl/α,β-unsaturated/α-hetero) is 1. The average molecular weight is 400 g/mol. The highest BCUT2D eigenvalue weighted by Gasteiger charge is 2.45. The zero-order valence-electron chi connectivity index (χ0n) is 16.1. The smallest absolute Gasteiger partial charge is 0.295 e. The van der Waals surface area contributed by atoms with E-state index in [-0.39, 0.29) is 23.4 Å². The number of aliphatic hydroxyl groups is 1. The van der Waals surface area contributed by atoms with Gasteiger partial charge in [0, 0.05) is 38.2 Å². The number of ketones is 1. The average Bonchev–Trinajstić information content (AvgIpc) is 2.99. The Kier molecular flexibility index (Phi) is 6.23. The molecule has 2 aromatic rings. The summed E-state index contributed by atoms with van der Waals surface area (Å²) in [7, 11) is 2.87. The lowest BCUT2D eigenvalue weighted by atomic mass is 9.96. The molecule has 1 aromatic carbocycles. The molecule has 1 N–H and O–H groups in total. The first kappa shape index (κ1) is 20.5. The van der Waals surface area contributed by atoms with E-state index in [1.54, 1.807) is 25.4 Å². The number of methoxy groups -OCH3 is 2. The Morgan fingerprint density at radius 1 is 1.28 bits per heavy atom. The number of halogens is 1. The third kappa shape index (κ3) is 3.97. The molecular formula is C21H21FN2O5. The Bertz CT molecular complexity index is 945. The van der Waals surface area contributed by atoms with Gasteiger partial charge in [-0.1, -0.05) is 6.07 Å². The van der Waals surface area contributed by atoms with E-state index < -0.39 is 29.3 Å². The number of nitrogens with zero attached hydrogens (tertiary/aromatic N) is 2. The number of aliphatic hydroxyl groups excluding tert-OH is 1.